The second-order valence-electron chi connectivity index (χ2n) is 6.47. The molecule has 0 spiro atoms. The fraction of sp³-hybridized carbons (Fsp3) is 0.273. The number of hydrogen-bond donors (Lipinski definition) is 0. The number of carbonyl (C=O) groups is 1. The van der Waals surface area contributed by atoms with Gasteiger partial charge in [0.25, 0.3) is 0 Å². The molecule has 1 aromatic heterocycles. The monoisotopic (exact) mass is 382 g/mol. The molecule has 28 heavy (non-hydrogen) atoms. The van der Waals surface area contributed by atoms with Crippen molar-refractivity contribution in [3.8, 4) is 17.2 Å². The van der Waals surface area contributed by atoms with Crippen molar-refractivity contribution >= 4 is 16.9 Å². The van der Waals surface area contributed by atoms with Crippen molar-refractivity contribution in [2.75, 3.05) is 6.61 Å². The fourth-order valence-corrected chi connectivity index (χ4v) is 2.68. The van der Waals surface area contributed by atoms with Crippen molar-refractivity contribution < 1.29 is 23.4 Å². The maximum absolute atomic E-state index is 12.8. The topological polar surface area (TPSA) is 75.0 Å². The van der Waals surface area contributed by atoms with E-state index in [1.165, 1.54) is 6.26 Å². The van der Waals surface area contributed by atoms with Crippen molar-refractivity contribution in [2.45, 2.75) is 33.8 Å². The van der Waals surface area contributed by atoms with Crippen molar-refractivity contribution in [3.63, 3.8) is 0 Å². The third kappa shape index (κ3) is 4.17. The van der Waals surface area contributed by atoms with Crippen molar-refractivity contribution in [3.05, 3.63) is 64.0 Å². The highest BCUT2D eigenvalue weighted by Gasteiger charge is 2.17. The van der Waals surface area contributed by atoms with Gasteiger partial charge in [-0.2, -0.15) is 0 Å². The Kier molecular flexibility index (Phi) is 5.68. The van der Waals surface area contributed by atoms with Gasteiger partial charge >= 0.3 is 5.97 Å². The fourth-order valence-electron chi connectivity index (χ4n) is 2.68. The highest BCUT2D eigenvalue weighted by atomic mass is 16.6. The van der Waals surface area contributed by atoms with Gasteiger partial charge in [-0.3, -0.25) is 4.79 Å². The minimum Gasteiger partial charge on any atom is -0.479 e. The summed E-state index contributed by atoms with van der Waals surface area (Å²) < 4.78 is 21.8. The molecule has 0 radical (unpaired) electrons. The summed E-state index contributed by atoms with van der Waals surface area (Å²) >= 11 is 0. The lowest BCUT2D eigenvalue weighted by atomic mass is 10.1. The molecule has 1 heterocycles. The first-order valence-corrected chi connectivity index (χ1v) is 9.03. The lowest BCUT2D eigenvalue weighted by Gasteiger charge is -2.13. The van der Waals surface area contributed by atoms with Crippen LogP contribution in [0.1, 0.15) is 25.0 Å². The smallest absolute Gasteiger partial charge is 0.347 e. The van der Waals surface area contributed by atoms with E-state index in [-0.39, 0.29) is 17.8 Å². The van der Waals surface area contributed by atoms with Crippen LogP contribution in [0.3, 0.4) is 0 Å². The van der Waals surface area contributed by atoms with Crippen LogP contribution in [0.15, 0.2) is 51.9 Å². The molecule has 3 rings (SSSR count). The minimum absolute atomic E-state index is 0.106. The first-order valence-electron chi connectivity index (χ1n) is 9.03. The zero-order valence-corrected chi connectivity index (χ0v) is 16.3. The largest absolute Gasteiger partial charge is 0.479 e. The van der Waals surface area contributed by atoms with Gasteiger partial charge in [-0.1, -0.05) is 12.1 Å². The molecule has 1 unspecified atom stereocenters. The Hall–Kier alpha value is -3.28. The van der Waals surface area contributed by atoms with E-state index in [0.29, 0.717) is 22.5 Å². The third-order valence-corrected chi connectivity index (χ3v) is 4.21. The average molecular weight is 382 g/mol. The summed E-state index contributed by atoms with van der Waals surface area (Å²) in [5, 5.41) is 0.360. The van der Waals surface area contributed by atoms with E-state index in [1.54, 1.807) is 32.0 Å². The molecule has 6 nitrogen and oxygen atoms in total. The zero-order valence-electron chi connectivity index (χ0n) is 16.3. The maximum atomic E-state index is 12.8. The number of aryl methyl sites for hydroxylation is 2. The van der Waals surface area contributed by atoms with Gasteiger partial charge in [-0.05, 0) is 57.0 Å². The average Bonchev–Trinajstić information content (AvgIpc) is 2.67. The standard InChI is InChI=1S/C22H22O6/c1-5-25-22(24)15(4)27-16-8-9-17-19(11-16)26-12-20(21(17)23)28-18-10-13(2)6-7-14(18)3/h6-12,15H,5H2,1-4H3. The van der Waals surface area contributed by atoms with Crippen molar-refractivity contribution in [2.24, 2.45) is 0 Å². The normalized spacial score (nSPS) is 11.9. The predicted molar refractivity (Wildman–Crippen MR) is 105 cm³/mol. The lowest BCUT2D eigenvalue weighted by molar-refractivity contribution is -0.150. The highest BCUT2D eigenvalue weighted by molar-refractivity contribution is 5.79. The first kappa shape index (κ1) is 19.5. The Morgan fingerprint density at radius 3 is 2.64 bits per heavy atom. The van der Waals surface area contributed by atoms with Crippen LogP contribution < -0.4 is 14.9 Å². The number of benzene rings is 2. The summed E-state index contributed by atoms with van der Waals surface area (Å²) in [6, 6.07) is 10.5. The summed E-state index contributed by atoms with van der Waals surface area (Å²) in [6.45, 7) is 7.47. The van der Waals surface area contributed by atoms with Crippen LogP contribution in [-0.4, -0.2) is 18.7 Å². The van der Waals surface area contributed by atoms with Gasteiger partial charge in [0.05, 0.1) is 12.0 Å². The van der Waals surface area contributed by atoms with Crippen LogP contribution in [0.2, 0.25) is 0 Å². The molecular formula is C22H22O6. The summed E-state index contributed by atoms with van der Waals surface area (Å²) in [5.41, 5.74) is 2.00. The van der Waals surface area contributed by atoms with Gasteiger partial charge in [0.15, 0.2) is 6.10 Å². The van der Waals surface area contributed by atoms with E-state index in [4.69, 9.17) is 18.6 Å². The number of hydrogen-bond acceptors (Lipinski definition) is 6. The Labute approximate surface area is 162 Å². The summed E-state index contributed by atoms with van der Waals surface area (Å²) in [4.78, 5) is 24.5. The van der Waals surface area contributed by atoms with Crippen molar-refractivity contribution in [1.29, 1.82) is 0 Å². The molecule has 0 aliphatic rings. The Balaban J connectivity index is 1.87. The molecular weight excluding hydrogens is 360 g/mol. The van der Waals surface area contributed by atoms with E-state index in [1.807, 2.05) is 32.0 Å². The van der Waals surface area contributed by atoms with E-state index < -0.39 is 12.1 Å². The predicted octanol–water partition coefficient (Wildman–Crippen LogP) is 4.53. The van der Waals surface area contributed by atoms with Crippen molar-refractivity contribution in [1.82, 2.24) is 0 Å². The number of carbonyl (C=O) groups excluding carboxylic acids is 1. The molecule has 0 fully saturated rings. The number of rotatable bonds is 6. The van der Waals surface area contributed by atoms with E-state index in [0.717, 1.165) is 11.1 Å². The van der Waals surface area contributed by atoms with Crippen LogP contribution in [0.4, 0.5) is 0 Å². The molecule has 0 N–H and O–H groups in total. The molecule has 0 amide bonds. The van der Waals surface area contributed by atoms with Gasteiger partial charge in [0.1, 0.15) is 23.3 Å². The molecule has 146 valence electrons. The zero-order chi connectivity index (χ0) is 20.3. The number of ether oxygens (including phenoxy) is 3. The van der Waals surface area contributed by atoms with E-state index >= 15 is 0 Å². The second-order valence-corrected chi connectivity index (χ2v) is 6.47. The first-order chi connectivity index (χ1) is 13.4. The van der Waals surface area contributed by atoms with E-state index in [2.05, 4.69) is 0 Å². The van der Waals surface area contributed by atoms with Crippen LogP contribution in [0.5, 0.6) is 17.2 Å². The molecule has 6 heteroatoms. The molecule has 0 aliphatic heterocycles. The molecule has 0 saturated carbocycles. The summed E-state index contributed by atoms with van der Waals surface area (Å²) in [7, 11) is 0. The van der Waals surface area contributed by atoms with Crippen LogP contribution >= 0.6 is 0 Å². The summed E-state index contributed by atoms with van der Waals surface area (Å²) in [5.74, 6) is 0.658. The molecule has 0 bridgehead atoms. The van der Waals surface area contributed by atoms with Crippen LogP contribution in [-0.2, 0) is 9.53 Å². The van der Waals surface area contributed by atoms with Gasteiger partial charge in [0.2, 0.25) is 11.2 Å². The molecule has 2 aromatic carbocycles. The quantitative estimate of drug-likeness (QED) is 0.583. The Morgan fingerprint density at radius 2 is 1.89 bits per heavy atom. The van der Waals surface area contributed by atoms with E-state index in [9.17, 15) is 9.59 Å². The third-order valence-electron chi connectivity index (χ3n) is 4.21. The van der Waals surface area contributed by atoms with Gasteiger partial charge in [-0.25, -0.2) is 4.79 Å². The number of esters is 1. The minimum atomic E-state index is -0.768. The summed E-state index contributed by atoms with van der Waals surface area (Å²) in [6.07, 6.45) is 0.515. The molecule has 0 saturated heterocycles. The van der Waals surface area contributed by atoms with Crippen LogP contribution in [0, 0.1) is 13.8 Å². The SMILES string of the molecule is CCOC(=O)C(C)Oc1ccc2c(=O)c(Oc3cc(C)ccc3C)coc2c1. The highest BCUT2D eigenvalue weighted by Crippen LogP contribution is 2.27. The lowest BCUT2D eigenvalue weighted by Crippen LogP contribution is -2.26. The number of fused-ring (bicyclic) bond motifs is 1. The maximum Gasteiger partial charge on any atom is 0.347 e. The molecule has 0 aliphatic carbocycles. The molecule has 3 aromatic rings. The van der Waals surface area contributed by atoms with Crippen LogP contribution in [0.25, 0.3) is 11.0 Å². The Bertz CT molecular complexity index is 1070. The second kappa shape index (κ2) is 8.17. The van der Waals surface area contributed by atoms with Gasteiger partial charge in [0, 0.05) is 6.07 Å². The molecule has 1 atom stereocenters. The Morgan fingerprint density at radius 1 is 1.11 bits per heavy atom. The van der Waals surface area contributed by atoms with Gasteiger partial charge < -0.3 is 18.6 Å². The van der Waals surface area contributed by atoms with Gasteiger partial charge in [-0.15, -0.1) is 0 Å².